The van der Waals surface area contributed by atoms with Gasteiger partial charge in [0.15, 0.2) is 10.7 Å². The summed E-state index contributed by atoms with van der Waals surface area (Å²) in [5.74, 6) is -3.54. The van der Waals surface area contributed by atoms with Crippen molar-refractivity contribution < 1.29 is 21.6 Å². The first-order valence-corrected chi connectivity index (χ1v) is 12.1. The first-order valence-electron chi connectivity index (χ1n) is 10.3. The van der Waals surface area contributed by atoms with E-state index in [9.17, 15) is 17.2 Å². The smallest absolute Gasteiger partial charge is 0.268 e. The van der Waals surface area contributed by atoms with Gasteiger partial charge in [0, 0.05) is 25.7 Å². The van der Waals surface area contributed by atoms with Crippen molar-refractivity contribution in [2.45, 2.75) is 24.7 Å². The van der Waals surface area contributed by atoms with Crippen LogP contribution < -0.4 is 9.62 Å². The number of halogens is 4. The lowest BCUT2D eigenvalue weighted by Gasteiger charge is -2.32. The Morgan fingerprint density at radius 2 is 2.00 bits per heavy atom. The molecule has 0 bridgehead atoms. The number of benzene rings is 1. The van der Waals surface area contributed by atoms with Gasteiger partial charge in [-0.3, -0.25) is 4.72 Å². The van der Waals surface area contributed by atoms with E-state index >= 15 is 4.39 Å². The summed E-state index contributed by atoms with van der Waals surface area (Å²) in [6.45, 7) is 5.29. The van der Waals surface area contributed by atoms with Crippen molar-refractivity contribution >= 4 is 33.1 Å². The molecule has 11 heteroatoms. The molecule has 174 valence electrons. The number of pyridine rings is 1. The molecule has 2 saturated heterocycles. The van der Waals surface area contributed by atoms with Gasteiger partial charge in [-0.2, -0.15) is 4.39 Å². The SMILES string of the molecule is CN1CCC(C2(C)CCN(c3cc(F)c(S(=O)(=O)Nc4cccc(F)n4)c(F)c3Cl)C2)C1. The monoisotopic (exact) mass is 488 g/mol. The Morgan fingerprint density at radius 3 is 2.66 bits per heavy atom. The molecule has 0 spiro atoms. The zero-order chi connectivity index (χ0) is 23.3. The van der Waals surface area contributed by atoms with Crippen LogP contribution in [0.25, 0.3) is 0 Å². The minimum Gasteiger partial charge on any atom is -0.370 e. The number of aromatic nitrogens is 1. The average Bonchev–Trinajstić information content (AvgIpc) is 3.31. The van der Waals surface area contributed by atoms with Gasteiger partial charge in [0.1, 0.15) is 16.7 Å². The molecule has 2 atom stereocenters. The van der Waals surface area contributed by atoms with Crippen LogP contribution in [0.3, 0.4) is 0 Å². The summed E-state index contributed by atoms with van der Waals surface area (Å²) in [5, 5.41) is -0.466. The Balaban J connectivity index is 1.62. The van der Waals surface area contributed by atoms with Crippen molar-refractivity contribution in [2.75, 3.05) is 42.8 Å². The molecular formula is C21H24ClF3N4O2S. The Morgan fingerprint density at radius 1 is 1.25 bits per heavy atom. The highest BCUT2D eigenvalue weighted by Gasteiger charge is 2.43. The molecule has 1 N–H and O–H groups in total. The zero-order valence-corrected chi connectivity index (χ0v) is 19.3. The number of nitrogens with zero attached hydrogens (tertiary/aromatic N) is 3. The van der Waals surface area contributed by atoms with Gasteiger partial charge < -0.3 is 9.80 Å². The molecule has 0 aliphatic carbocycles. The molecular weight excluding hydrogens is 465 g/mol. The van der Waals surface area contributed by atoms with Crippen LogP contribution >= 0.6 is 11.6 Å². The van der Waals surface area contributed by atoms with Crippen molar-refractivity contribution in [1.82, 2.24) is 9.88 Å². The van der Waals surface area contributed by atoms with E-state index in [1.807, 2.05) is 9.62 Å². The molecule has 1 aromatic heterocycles. The van der Waals surface area contributed by atoms with E-state index in [1.54, 1.807) is 0 Å². The van der Waals surface area contributed by atoms with E-state index in [4.69, 9.17) is 11.6 Å². The molecule has 0 radical (unpaired) electrons. The number of anilines is 2. The second kappa shape index (κ2) is 8.39. The molecule has 2 aromatic rings. The van der Waals surface area contributed by atoms with Crippen LogP contribution in [-0.4, -0.2) is 51.5 Å². The molecule has 4 rings (SSSR count). The van der Waals surface area contributed by atoms with Crippen molar-refractivity contribution in [3.63, 3.8) is 0 Å². The molecule has 2 aliphatic rings. The zero-order valence-electron chi connectivity index (χ0n) is 17.7. The number of nitrogens with one attached hydrogen (secondary N) is 1. The van der Waals surface area contributed by atoms with E-state index in [1.165, 1.54) is 6.07 Å². The molecule has 2 unspecified atom stereocenters. The van der Waals surface area contributed by atoms with E-state index in [2.05, 4.69) is 23.9 Å². The summed E-state index contributed by atoms with van der Waals surface area (Å²) in [4.78, 5) is 6.21. The van der Waals surface area contributed by atoms with Crippen LogP contribution in [0.15, 0.2) is 29.2 Å². The van der Waals surface area contributed by atoms with Gasteiger partial charge in [-0.1, -0.05) is 24.6 Å². The number of hydrogen-bond acceptors (Lipinski definition) is 5. The Labute approximate surface area is 190 Å². The third-order valence-corrected chi connectivity index (χ3v) is 8.29. The second-order valence-electron chi connectivity index (χ2n) is 8.86. The van der Waals surface area contributed by atoms with E-state index in [0.717, 1.165) is 44.1 Å². The van der Waals surface area contributed by atoms with Gasteiger partial charge in [0.25, 0.3) is 10.0 Å². The largest absolute Gasteiger partial charge is 0.370 e. The molecule has 2 fully saturated rings. The highest BCUT2D eigenvalue weighted by atomic mass is 35.5. The normalized spacial score (nSPS) is 24.3. The first kappa shape index (κ1) is 23.1. The lowest BCUT2D eigenvalue weighted by atomic mass is 9.76. The predicted molar refractivity (Wildman–Crippen MR) is 117 cm³/mol. The van der Waals surface area contributed by atoms with Crippen LogP contribution in [0, 0.1) is 28.9 Å². The van der Waals surface area contributed by atoms with Gasteiger partial charge >= 0.3 is 0 Å². The molecule has 3 heterocycles. The van der Waals surface area contributed by atoms with Crippen LogP contribution in [0.4, 0.5) is 24.7 Å². The predicted octanol–water partition coefficient (Wildman–Crippen LogP) is 4.12. The summed E-state index contributed by atoms with van der Waals surface area (Å²) >= 11 is 6.20. The lowest BCUT2D eigenvalue weighted by Crippen LogP contribution is -2.33. The number of rotatable bonds is 5. The summed E-state index contributed by atoms with van der Waals surface area (Å²) < 4.78 is 70.4. The third-order valence-electron chi connectivity index (χ3n) is 6.54. The summed E-state index contributed by atoms with van der Waals surface area (Å²) in [5.41, 5.74) is 0.0933. The standard InChI is InChI=1S/C21H24ClF3N4O2S/c1-21(13-6-8-28(2)11-13)7-9-29(12-21)15-10-14(23)20(19(25)18(15)22)32(30,31)27-17-5-3-4-16(24)26-17/h3-5,10,13H,6-9,11-12H2,1-2H3,(H,26,27). The molecule has 2 aliphatic heterocycles. The molecule has 6 nitrogen and oxygen atoms in total. The van der Waals surface area contributed by atoms with E-state index < -0.39 is 43.3 Å². The Kier molecular flexibility index (Phi) is 6.06. The highest BCUT2D eigenvalue weighted by Crippen LogP contribution is 2.45. The highest BCUT2D eigenvalue weighted by molar-refractivity contribution is 7.92. The van der Waals surface area contributed by atoms with Gasteiger partial charge in [0.05, 0.1) is 5.69 Å². The number of likely N-dealkylation sites (tertiary alicyclic amines) is 1. The van der Waals surface area contributed by atoms with Crippen molar-refractivity contribution in [1.29, 1.82) is 0 Å². The number of hydrogen-bond donors (Lipinski definition) is 1. The molecule has 0 amide bonds. The van der Waals surface area contributed by atoms with Crippen LogP contribution in [0.1, 0.15) is 19.8 Å². The maximum atomic E-state index is 15.1. The summed E-state index contributed by atoms with van der Waals surface area (Å²) in [7, 11) is -2.66. The van der Waals surface area contributed by atoms with Crippen molar-refractivity contribution in [3.8, 4) is 0 Å². The van der Waals surface area contributed by atoms with Crippen LogP contribution in [0.2, 0.25) is 5.02 Å². The summed E-state index contributed by atoms with van der Waals surface area (Å²) in [6, 6.07) is 4.34. The fraction of sp³-hybridized carbons (Fsp3) is 0.476. The third kappa shape index (κ3) is 4.27. The topological polar surface area (TPSA) is 65.5 Å². The maximum absolute atomic E-state index is 15.1. The number of sulfonamides is 1. The Hall–Kier alpha value is -2.04. The maximum Gasteiger partial charge on any atom is 0.268 e. The van der Waals surface area contributed by atoms with Gasteiger partial charge in [0.2, 0.25) is 5.95 Å². The van der Waals surface area contributed by atoms with Crippen LogP contribution in [0.5, 0.6) is 0 Å². The quantitative estimate of drug-likeness (QED) is 0.506. The van der Waals surface area contributed by atoms with E-state index in [0.29, 0.717) is 19.0 Å². The molecule has 32 heavy (non-hydrogen) atoms. The van der Waals surface area contributed by atoms with Gasteiger partial charge in [-0.25, -0.2) is 22.2 Å². The second-order valence-corrected chi connectivity index (χ2v) is 10.9. The first-order chi connectivity index (χ1) is 15.0. The van der Waals surface area contributed by atoms with Gasteiger partial charge in [-0.15, -0.1) is 0 Å². The fourth-order valence-corrected chi connectivity index (χ4v) is 6.19. The van der Waals surface area contributed by atoms with Crippen molar-refractivity contribution in [3.05, 3.63) is 46.9 Å². The fourth-order valence-electron chi connectivity index (χ4n) is 4.72. The minimum atomic E-state index is -4.73. The van der Waals surface area contributed by atoms with Gasteiger partial charge in [-0.05, 0) is 49.9 Å². The molecule has 1 aromatic carbocycles. The minimum absolute atomic E-state index is 0.0314. The molecule has 0 saturated carbocycles. The summed E-state index contributed by atoms with van der Waals surface area (Å²) in [6.07, 6.45) is 1.91. The Bertz CT molecular complexity index is 1150. The van der Waals surface area contributed by atoms with Crippen LogP contribution in [-0.2, 0) is 10.0 Å². The van der Waals surface area contributed by atoms with Crippen molar-refractivity contribution in [2.24, 2.45) is 11.3 Å². The van der Waals surface area contributed by atoms with E-state index in [-0.39, 0.29) is 11.1 Å². The average molecular weight is 489 g/mol. The lowest BCUT2D eigenvalue weighted by molar-refractivity contribution is 0.217.